The predicted octanol–water partition coefficient (Wildman–Crippen LogP) is 2.25. The maximum atomic E-state index is 10.8. The summed E-state index contributed by atoms with van der Waals surface area (Å²) >= 11 is 3.30. The van der Waals surface area contributed by atoms with E-state index in [0.29, 0.717) is 11.4 Å². The molecule has 2 rings (SSSR count). The minimum atomic E-state index is -0.342. The van der Waals surface area contributed by atoms with Crippen molar-refractivity contribution >= 4 is 32.9 Å². The Morgan fingerprint density at radius 1 is 1.64 bits per heavy atom. The van der Waals surface area contributed by atoms with Gasteiger partial charge >= 0.3 is 5.97 Å². The van der Waals surface area contributed by atoms with Gasteiger partial charge in [-0.3, -0.25) is 4.79 Å². The molecule has 0 spiro atoms. The number of ether oxygens (including phenoxy) is 1. The van der Waals surface area contributed by atoms with E-state index in [1.807, 2.05) is 6.07 Å². The van der Waals surface area contributed by atoms with Gasteiger partial charge in [-0.15, -0.1) is 0 Å². The molecule has 0 bridgehead atoms. The van der Waals surface area contributed by atoms with E-state index in [-0.39, 0.29) is 5.97 Å². The van der Waals surface area contributed by atoms with Crippen LogP contribution in [0.5, 0.6) is 5.75 Å². The highest BCUT2D eigenvalue weighted by molar-refractivity contribution is 9.10. The number of nitrogens with zero attached hydrogens (tertiary/aromatic N) is 1. The molecule has 4 nitrogen and oxygen atoms in total. The summed E-state index contributed by atoms with van der Waals surface area (Å²) in [5, 5.41) is 0.787. The number of nitrogens with one attached hydrogen (secondary N) is 1. The van der Waals surface area contributed by atoms with Crippen molar-refractivity contribution in [2.24, 2.45) is 0 Å². The summed E-state index contributed by atoms with van der Waals surface area (Å²) in [6, 6.07) is 1.84. The molecule has 0 saturated heterocycles. The smallest absolute Gasteiger partial charge is 0.308 e. The molecule has 0 aliphatic carbocycles. The Labute approximate surface area is 88.4 Å². The van der Waals surface area contributed by atoms with Crippen LogP contribution in [0.3, 0.4) is 0 Å². The monoisotopic (exact) mass is 254 g/mol. The molecule has 0 unspecified atom stereocenters. The van der Waals surface area contributed by atoms with E-state index in [2.05, 4.69) is 25.9 Å². The molecule has 72 valence electrons. The summed E-state index contributed by atoms with van der Waals surface area (Å²) in [6.07, 6.45) is 3.29. The van der Waals surface area contributed by atoms with Gasteiger partial charge < -0.3 is 9.72 Å². The number of fused-ring (bicyclic) bond motifs is 1. The summed E-state index contributed by atoms with van der Waals surface area (Å²) in [5.41, 5.74) is 0.699. The Kier molecular flexibility index (Phi) is 2.25. The van der Waals surface area contributed by atoms with E-state index in [1.165, 1.54) is 6.92 Å². The largest absolute Gasteiger partial charge is 0.424 e. The van der Waals surface area contributed by atoms with Gasteiger partial charge in [0.15, 0.2) is 5.75 Å². The lowest BCUT2D eigenvalue weighted by atomic mass is 10.3. The van der Waals surface area contributed by atoms with Crippen molar-refractivity contribution in [3.05, 3.63) is 22.9 Å². The van der Waals surface area contributed by atoms with Gasteiger partial charge in [-0.05, 0) is 22.0 Å². The highest BCUT2D eigenvalue weighted by atomic mass is 79.9. The number of hydrogen-bond acceptors (Lipinski definition) is 3. The first kappa shape index (κ1) is 9.21. The summed E-state index contributed by atoms with van der Waals surface area (Å²) in [4.78, 5) is 17.8. The predicted molar refractivity (Wildman–Crippen MR) is 55.1 cm³/mol. The van der Waals surface area contributed by atoms with Crippen LogP contribution in [-0.4, -0.2) is 15.9 Å². The zero-order chi connectivity index (χ0) is 10.1. The summed E-state index contributed by atoms with van der Waals surface area (Å²) in [7, 11) is 0. The maximum absolute atomic E-state index is 10.8. The second-order valence-corrected chi connectivity index (χ2v) is 3.71. The van der Waals surface area contributed by atoms with Crippen LogP contribution in [-0.2, 0) is 4.79 Å². The van der Waals surface area contributed by atoms with Crippen molar-refractivity contribution in [3.8, 4) is 5.75 Å². The molecule has 14 heavy (non-hydrogen) atoms. The van der Waals surface area contributed by atoms with Crippen LogP contribution < -0.4 is 4.74 Å². The van der Waals surface area contributed by atoms with Gasteiger partial charge in [-0.1, -0.05) is 0 Å². The van der Waals surface area contributed by atoms with Crippen molar-refractivity contribution in [3.63, 3.8) is 0 Å². The lowest BCUT2D eigenvalue weighted by molar-refractivity contribution is -0.131. The van der Waals surface area contributed by atoms with E-state index in [1.54, 1.807) is 12.4 Å². The third-order valence-electron chi connectivity index (χ3n) is 1.71. The molecule has 0 aromatic carbocycles. The molecule has 0 atom stereocenters. The van der Waals surface area contributed by atoms with Crippen molar-refractivity contribution in [2.75, 3.05) is 0 Å². The zero-order valence-corrected chi connectivity index (χ0v) is 8.96. The lowest BCUT2D eigenvalue weighted by Gasteiger charge is -1.97. The van der Waals surface area contributed by atoms with Crippen LogP contribution in [0.2, 0.25) is 0 Å². The maximum Gasteiger partial charge on any atom is 0.308 e. The van der Waals surface area contributed by atoms with Crippen LogP contribution in [0.15, 0.2) is 22.9 Å². The number of H-pyrrole nitrogens is 1. The highest BCUT2D eigenvalue weighted by Gasteiger charge is 2.07. The number of esters is 1. The molecule has 1 N–H and O–H groups in total. The molecule has 0 saturated carbocycles. The van der Waals surface area contributed by atoms with Gasteiger partial charge in [-0.25, -0.2) is 4.98 Å². The molecule has 0 aliphatic heterocycles. The van der Waals surface area contributed by atoms with E-state index in [9.17, 15) is 4.79 Å². The standard InChI is InChI=1S/C9H7BrN2O2/c1-5(13)14-8-4-12-9-7(8)2-6(10)3-11-9/h2-4H,1H3,(H,11,12). The molecule has 5 heteroatoms. The van der Waals surface area contributed by atoms with E-state index in [0.717, 1.165) is 9.86 Å². The van der Waals surface area contributed by atoms with Crippen LogP contribution in [0.1, 0.15) is 6.92 Å². The van der Waals surface area contributed by atoms with Gasteiger partial charge in [0.05, 0.1) is 5.39 Å². The number of carbonyl (C=O) groups is 1. The molecule has 0 aliphatic rings. The zero-order valence-electron chi connectivity index (χ0n) is 7.37. The van der Waals surface area contributed by atoms with Crippen molar-refractivity contribution < 1.29 is 9.53 Å². The molecule has 0 amide bonds. The Balaban J connectivity index is 2.55. The highest BCUT2D eigenvalue weighted by Crippen LogP contribution is 2.26. The topological polar surface area (TPSA) is 55.0 Å². The van der Waals surface area contributed by atoms with E-state index in [4.69, 9.17) is 4.74 Å². The summed E-state index contributed by atoms with van der Waals surface area (Å²) in [6.45, 7) is 1.37. The second kappa shape index (κ2) is 3.42. The molecule has 2 aromatic rings. The van der Waals surface area contributed by atoms with Gasteiger partial charge in [0.2, 0.25) is 0 Å². The first-order chi connectivity index (χ1) is 6.66. The number of hydrogen-bond donors (Lipinski definition) is 1. The van der Waals surface area contributed by atoms with Gasteiger partial charge in [0, 0.05) is 23.8 Å². The number of halogens is 1. The SMILES string of the molecule is CC(=O)Oc1c[nH]c2ncc(Br)cc12. The van der Waals surface area contributed by atoms with Gasteiger partial charge in [0.25, 0.3) is 0 Å². The number of pyridine rings is 1. The normalized spacial score (nSPS) is 10.4. The molecule has 2 heterocycles. The Morgan fingerprint density at radius 3 is 3.14 bits per heavy atom. The van der Waals surface area contributed by atoms with Crippen LogP contribution in [0.4, 0.5) is 0 Å². The average molecular weight is 255 g/mol. The minimum Gasteiger partial charge on any atom is -0.424 e. The van der Waals surface area contributed by atoms with Crippen LogP contribution in [0.25, 0.3) is 11.0 Å². The fourth-order valence-electron chi connectivity index (χ4n) is 1.19. The van der Waals surface area contributed by atoms with Crippen molar-refractivity contribution in [1.29, 1.82) is 0 Å². The summed E-state index contributed by atoms with van der Waals surface area (Å²) in [5.74, 6) is 0.159. The van der Waals surface area contributed by atoms with Gasteiger partial charge in [-0.2, -0.15) is 0 Å². The molecule has 0 radical (unpaired) electrons. The second-order valence-electron chi connectivity index (χ2n) is 2.80. The fraction of sp³-hybridized carbons (Fsp3) is 0.111. The molecule has 0 fully saturated rings. The molecular formula is C9H7BrN2O2. The number of carbonyl (C=O) groups excluding carboxylic acids is 1. The average Bonchev–Trinajstić information content (AvgIpc) is 2.47. The number of aromatic nitrogens is 2. The summed E-state index contributed by atoms with van der Waals surface area (Å²) < 4.78 is 5.84. The van der Waals surface area contributed by atoms with Crippen molar-refractivity contribution in [1.82, 2.24) is 9.97 Å². The van der Waals surface area contributed by atoms with Crippen LogP contribution >= 0.6 is 15.9 Å². The minimum absolute atomic E-state index is 0.342. The lowest BCUT2D eigenvalue weighted by Crippen LogP contribution is -2.00. The quantitative estimate of drug-likeness (QED) is 0.795. The third kappa shape index (κ3) is 1.63. The fourth-order valence-corrected chi connectivity index (χ4v) is 1.52. The van der Waals surface area contributed by atoms with E-state index >= 15 is 0 Å². The Hall–Kier alpha value is -1.36. The van der Waals surface area contributed by atoms with Crippen molar-refractivity contribution in [2.45, 2.75) is 6.92 Å². The first-order valence-electron chi connectivity index (χ1n) is 3.98. The first-order valence-corrected chi connectivity index (χ1v) is 4.77. The van der Waals surface area contributed by atoms with E-state index < -0.39 is 0 Å². The Morgan fingerprint density at radius 2 is 2.43 bits per heavy atom. The number of rotatable bonds is 1. The third-order valence-corrected chi connectivity index (χ3v) is 2.15. The number of aromatic amines is 1. The molecular weight excluding hydrogens is 248 g/mol. The molecule has 2 aromatic heterocycles. The van der Waals surface area contributed by atoms with Gasteiger partial charge in [0.1, 0.15) is 5.65 Å². The van der Waals surface area contributed by atoms with Crippen LogP contribution in [0, 0.1) is 0 Å². The Bertz CT molecular complexity index is 493.